The van der Waals surface area contributed by atoms with Gasteiger partial charge in [-0.25, -0.2) is 0 Å². The third kappa shape index (κ3) is 4.84. The van der Waals surface area contributed by atoms with Crippen LogP contribution in [0.15, 0.2) is 67.8 Å². The number of esters is 1. The first-order chi connectivity index (χ1) is 19.5. The minimum absolute atomic E-state index is 0.122. The zero-order chi connectivity index (χ0) is 28.3. The van der Waals surface area contributed by atoms with Crippen LogP contribution >= 0.6 is 0 Å². The highest BCUT2D eigenvalue weighted by Crippen LogP contribution is 2.59. The number of hydrogen-bond donors (Lipinski definition) is 1. The average molecular weight is 547 g/mol. The predicted molar refractivity (Wildman–Crippen MR) is 153 cm³/mol. The molecule has 8 nitrogen and oxygen atoms in total. The number of benzene rings is 2. The molecule has 0 aliphatic carbocycles. The van der Waals surface area contributed by atoms with Crippen molar-refractivity contribution in [3.63, 3.8) is 0 Å². The summed E-state index contributed by atoms with van der Waals surface area (Å²) >= 11 is 0. The summed E-state index contributed by atoms with van der Waals surface area (Å²) in [6, 6.07) is 12.8. The highest BCUT2D eigenvalue weighted by molar-refractivity contribution is 6.05. The zero-order valence-corrected chi connectivity index (χ0v) is 22.9. The van der Waals surface area contributed by atoms with Gasteiger partial charge in [-0.2, -0.15) is 0 Å². The molecule has 40 heavy (non-hydrogen) atoms. The summed E-state index contributed by atoms with van der Waals surface area (Å²) in [5.41, 5.74) is -0.419. The summed E-state index contributed by atoms with van der Waals surface area (Å²) in [5.74, 6) is -2.52. The lowest BCUT2D eigenvalue weighted by molar-refractivity contribution is -0.155. The van der Waals surface area contributed by atoms with Gasteiger partial charge >= 0.3 is 5.97 Å². The van der Waals surface area contributed by atoms with Crippen molar-refractivity contribution in [2.45, 2.75) is 56.3 Å². The smallest absolute Gasteiger partial charge is 0.312 e. The maximum atomic E-state index is 14.5. The van der Waals surface area contributed by atoms with Crippen molar-refractivity contribution in [2.75, 3.05) is 31.2 Å². The molecule has 3 heterocycles. The van der Waals surface area contributed by atoms with E-state index in [0.717, 1.165) is 23.6 Å². The van der Waals surface area contributed by atoms with Gasteiger partial charge in [0.15, 0.2) is 0 Å². The molecule has 5 atom stereocenters. The Morgan fingerprint density at radius 3 is 2.67 bits per heavy atom. The fourth-order valence-electron chi connectivity index (χ4n) is 6.79. The van der Waals surface area contributed by atoms with Gasteiger partial charge in [-0.1, -0.05) is 42.5 Å². The molecule has 2 aromatic rings. The van der Waals surface area contributed by atoms with E-state index in [-0.39, 0.29) is 38.1 Å². The Bertz CT molecular complexity index is 1290. The van der Waals surface area contributed by atoms with Gasteiger partial charge in [-0.05, 0) is 61.4 Å². The van der Waals surface area contributed by atoms with E-state index < -0.39 is 35.6 Å². The van der Waals surface area contributed by atoms with E-state index >= 15 is 0 Å². The summed E-state index contributed by atoms with van der Waals surface area (Å²) in [6.45, 7) is 8.18. The van der Waals surface area contributed by atoms with Crippen LogP contribution in [0.2, 0.25) is 0 Å². The highest BCUT2D eigenvalue weighted by atomic mass is 16.6. The number of nitrogens with zero attached hydrogens (tertiary/aromatic N) is 2. The molecule has 1 spiro atoms. The molecular weight excluding hydrogens is 508 g/mol. The monoisotopic (exact) mass is 546 g/mol. The number of hydrogen-bond acceptors (Lipinski definition) is 6. The largest absolute Gasteiger partial charge is 0.465 e. The molecule has 2 aromatic carbocycles. The van der Waals surface area contributed by atoms with Crippen molar-refractivity contribution in [3.05, 3.63) is 67.8 Å². The number of allylic oxidation sites excluding steroid dienone is 1. The first-order valence-electron chi connectivity index (χ1n) is 14.2. The van der Waals surface area contributed by atoms with Crippen LogP contribution in [0.1, 0.15) is 38.5 Å². The number of unbranched alkanes of at least 4 members (excludes halogenated alkanes) is 2. The van der Waals surface area contributed by atoms with Crippen LogP contribution in [0, 0.1) is 11.8 Å². The van der Waals surface area contributed by atoms with Gasteiger partial charge in [0.25, 0.3) is 5.91 Å². The van der Waals surface area contributed by atoms with E-state index in [1.807, 2.05) is 48.5 Å². The standard InChI is InChI=1S/C32H38N2O6/c1-3-5-6-9-20-39-31(38)26-25-15-16-32(40-25)27(26)29(36)34(18-10-19-35)28(32)30(37)33(17-4-2)24-14-13-22-11-7-8-12-23(22)21-24/h3-4,7-8,11-14,21,25-28,35H,1-2,5-6,9-10,15-20H2/t25-,26+,27+,28?,32?/m1/s1. The van der Waals surface area contributed by atoms with Gasteiger partial charge in [-0.3, -0.25) is 14.4 Å². The molecule has 3 fully saturated rings. The lowest BCUT2D eigenvalue weighted by atomic mass is 9.70. The van der Waals surface area contributed by atoms with E-state index in [2.05, 4.69) is 13.2 Å². The van der Waals surface area contributed by atoms with Crippen molar-refractivity contribution in [2.24, 2.45) is 11.8 Å². The Morgan fingerprint density at radius 1 is 1.12 bits per heavy atom. The van der Waals surface area contributed by atoms with Gasteiger partial charge in [0.05, 0.1) is 24.5 Å². The lowest BCUT2D eigenvalue weighted by Gasteiger charge is -2.36. The normalized spacial score (nSPS) is 26.6. The summed E-state index contributed by atoms with van der Waals surface area (Å²) in [5, 5.41) is 11.6. The quantitative estimate of drug-likeness (QED) is 0.232. The van der Waals surface area contributed by atoms with Gasteiger partial charge in [0.1, 0.15) is 11.6 Å². The highest BCUT2D eigenvalue weighted by Gasteiger charge is 2.75. The number of carbonyl (C=O) groups excluding carboxylic acids is 3. The minimum Gasteiger partial charge on any atom is -0.465 e. The van der Waals surface area contributed by atoms with Crippen molar-refractivity contribution in [1.29, 1.82) is 0 Å². The van der Waals surface area contributed by atoms with E-state index in [1.54, 1.807) is 11.0 Å². The van der Waals surface area contributed by atoms with Crippen molar-refractivity contribution in [3.8, 4) is 0 Å². The van der Waals surface area contributed by atoms with Crippen LogP contribution in [-0.4, -0.2) is 71.8 Å². The molecule has 3 saturated heterocycles. The molecule has 1 N–H and O–H groups in total. The first kappa shape index (κ1) is 28.1. The molecule has 0 aromatic heterocycles. The Kier molecular flexibility index (Phi) is 8.38. The summed E-state index contributed by atoms with van der Waals surface area (Å²) in [6.07, 6.45) is 6.86. The van der Waals surface area contributed by atoms with Crippen molar-refractivity contribution >= 4 is 34.2 Å². The molecule has 0 radical (unpaired) electrons. The Labute approximate surface area is 235 Å². The van der Waals surface area contributed by atoms with E-state index in [4.69, 9.17) is 9.47 Å². The van der Waals surface area contributed by atoms with Crippen LogP contribution < -0.4 is 4.90 Å². The van der Waals surface area contributed by atoms with Crippen LogP contribution in [-0.2, 0) is 23.9 Å². The number of carbonyl (C=O) groups is 3. The van der Waals surface area contributed by atoms with Crippen molar-refractivity contribution < 1.29 is 29.0 Å². The number of ether oxygens (including phenoxy) is 2. The second-order valence-corrected chi connectivity index (χ2v) is 10.9. The molecule has 3 aliphatic rings. The summed E-state index contributed by atoms with van der Waals surface area (Å²) in [4.78, 5) is 44.9. The third-order valence-electron chi connectivity index (χ3n) is 8.53. The molecular formula is C32H38N2O6. The summed E-state index contributed by atoms with van der Waals surface area (Å²) in [7, 11) is 0. The van der Waals surface area contributed by atoms with Crippen LogP contribution in [0.3, 0.4) is 0 Å². The Balaban J connectivity index is 1.46. The van der Waals surface area contributed by atoms with Gasteiger partial charge in [0, 0.05) is 25.4 Å². The predicted octanol–water partition coefficient (Wildman–Crippen LogP) is 4.02. The average Bonchev–Trinajstić information content (AvgIpc) is 3.61. The van der Waals surface area contributed by atoms with Crippen LogP contribution in [0.4, 0.5) is 5.69 Å². The summed E-state index contributed by atoms with van der Waals surface area (Å²) < 4.78 is 12.1. The molecule has 3 aliphatic heterocycles. The fraction of sp³-hybridized carbons (Fsp3) is 0.469. The van der Waals surface area contributed by atoms with Crippen LogP contribution in [0.5, 0.6) is 0 Å². The number of rotatable bonds is 13. The number of aliphatic hydroxyl groups is 1. The molecule has 212 valence electrons. The first-order valence-corrected chi connectivity index (χ1v) is 14.2. The maximum absolute atomic E-state index is 14.5. The third-order valence-corrected chi connectivity index (χ3v) is 8.53. The van der Waals surface area contributed by atoms with E-state index in [0.29, 0.717) is 31.4 Å². The number of likely N-dealkylation sites (tertiary alicyclic amines) is 1. The second-order valence-electron chi connectivity index (χ2n) is 10.9. The SMILES string of the molecule is C=CCCCCOC(=O)[C@@H]1[C@H]2C(=O)N(CCCO)C(C(=O)N(CC=C)c3ccc4ccccc4c3)C23CC[C@H]1O3. The maximum Gasteiger partial charge on any atom is 0.312 e. The number of aliphatic hydroxyl groups excluding tert-OH is 1. The van der Waals surface area contributed by atoms with Gasteiger partial charge in [0.2, 0.25) is 5.91 Å². The zero-order valence-electron chi connectivity index (χ0n) is 22.9. The van der Waals surface area contributed by atoms with Gasteiger partial charge in [-0.15, -0.1) is 13.2 Å². The molecule has 8 heteroatoms. The number of anilines is 1. The molecule has 2 unspecified atom stereocenters. The second kappa shape index (κ2) is 11.9. The molecule has 0 saturated carbocycles. The van der Waals surface area contributed by atoms with Crippen molar-refractivity contribution in [1.82, 2.24) is 4.90 Å². The van der Waals surface area contributed by atoms with E-state index in [1.165, 1.54) is 4.90 Å². The number of amides is 2. The van der Waals surface area contributed by atoms with E-state index in [9.17, 15) is 19.5 Å². The molecule has 5 rings (SSSR count). The Morgan fingerprint density at radius 2 is 1.93 bits per heavy atom. The number of fused-ring (bicyclic) bond motifs is 2. The minimum atomic E-state index is -1.11. The lowest BCUT2D eigenvalue weighted by Crippen LogP contribution is -2.56. The fourth-order valence-corrected chi connectivity index (χ4v) is 6.79. The van der Waals surface area contributed by atoms with Gasteiger partial charge < -0.3 is 24.4 Å². The Hall–Kier alpha value is -3.49. The topological polar surface area (TPSA) is 96.4 Å². The molecule has 2 amide bonds. The van der Waals surface area contributed by atoms with Crippen LogP contribution in [0.25, 0.3) is 10.8 Å². The molecule has 2 bridgehead atoms.